The van der Waals surface area contributed by atoms with Gasteiger partial charge in [-0.1, -0.05) is 0 Å². The fourth-order valence-electron chi connectivity index (χ4n) is 4.90. The van der Waals surface area contributed by atoms with Gasteiger partial charge in [0.15, 0.2) is 0 Å². The number of rotatable bonds is 5. The molecule has 3 fully saturated rings. The van der Waals surface area contributed by atoms with Gasteiger partial charge in [-0.25, -0.2) is 0 Å². The first-order valence-electron chi connectivity index (χ1n) is 10.1. The van der Waals surface area contributed by atoms with Crippen molar-refractivity contribution >= 4 is 11.8 Å². The minimum absolute atomic E-state index is 0.334. The summed E-state index contributed by atoms with van der Waals surface area (Å²) in [6.45, 7) is 11.1. The highest BCUT2D eigenvalue weighted by Gasteiger charge is 2.35. The van der Waals surface area contributed by atoms with E-state index in [-0.39, 0.29) is 0 Å². The molecule has 3 aliphatic heterocycles. The molecule has 0 spiro atoms. The largest absolute Gasteiger partial charge is 0.396 e. The van der Waals surface area contributed by atoms with Gasteiger partial charge in [-0.2, -0.15) is 11.8 Å². The first-order valence-corrected chi connectivity index (χ1v) is 11.3. The quantitative estimate of drug-likeness (QED) is 0.816. The molecule has 3 aliphatic rings. The second-order valence-corrected chi connectivity index (χ2v) is 9.33. The number of aliphatic hydroxyl groups excluding tert-OH is 1. The number of piperidine rings is 1. The third-order valence-electron chi connectivity index (χ3n) is 6.43. The topological polar surface area (TPSA) is 30.0 Å². The van der Waals surface area contributed by atoms with Gasteiger partial charge in [0.05, 0.1) is 0 Å². The molecule has 0 aliphatic carbocycles. The maximum Gasteiger partial charge on any atom is 0.0446 e. The summed E-state index contributed by atoms with van der Waals surface area (Å²) in [5, 5.41) is 9.59. The molecule has 0 radical (unpaired) electrons. The molecule has 1 unspecified atom stereocenters. The van der Waals surface area contributed by atoms with Crippen molar-refractivity contribution in [2.75, 3.05) is 50.8 Å². The predicted octanol–water partition coefficient (Wildman–Crippen LogP) is 2.12. The molecule has 24 heavy (non-hydrogen) atoms. The smallest absolute Gasteiger partial charge is 0.0446 e. The fraction of sp³-hybridized carbons (Fsp3) is 1.00. The van der Waals surface area contributed by atoms with E-state index in [9.17, 15) is 5.11 Å². The zero-order valence-corrected chi connectivity index (χ0v) is 16.5. The molecule has 0 aromatic carbocycles. The van der Waals surface area contributed by atoms with Crippen LogP contribution in [0.1, 0.15) is 46.0 Å². The Bertz CT molecular complexity index is 368. The molecular weight excluding hydrogens is 318 g/mol. The first-order chi connectivity index (χ1) is 11.7. The van der Waals surface area contributed by atoms with Gasteiger partial charge < -0.3 is 10.0 Å². The van der Waals surface area contributed by atoms with E-state index < -0.39 is 0 Å². The maximum atomic E-state index is 9.59. The molecule has 3 saturated heterocycles. The summed E-state index contributed by atoms with van der Waals surface area (Å²) >= 11 is 2.12. The monoisotopic (exact) mass is 355 g/mol. The van der Waals surface area contributed by atoms with E-state index in [2.05, 4.69) is 40.3 Å². The van der Waals surface area contributed by atoms with Crippen molar-refractivity contribution in [3.8, 4) is 0 Å². The SMILES string of the molecule is CC(C)N1CCC(N2CCN(C3CCSCC3)CC2CCO)CC1. The minimum atomic E-state index is 0.334. The molecule has 140 valence electrons. The molecule has 4 nitrogen and oxygen atoms in total. The molecule has 5 heteroatoms. The van der Waals surface area contributed by atoms with E-state index >= 15 is 0 Å². The molecule has 0 bridgehead atoms. The Kier molecular flexibility index (Phi) is 7.29. The average Bonchev–Trinajstić information content (AvgIpc) is 2.63. The summed E-state index contributed by atoms with van der Waals surface area (Å²) in [7, 11) is 0. The molecule has 0 saturated carbocycles. The molecule has 1 N–H and O–H groups in total. The van der Waals surface area contributed by atoms with E-state index in [4.69, 9.17) is 0 Å². The van der Waals surface area contributed by atoms with Gasteiger partial charge >= 0.3 is 0 Å². The third kappa shape index (κ3) is 4.67. The van der Waals surface area contributed by atoms with Crippen molar-refractivity contribution in [2.24, 2.45) is 0 Å². The van der Waals surface area contributed by atoms with Gasteiger partial charge in [-0.15, -0.1) is 0 Å². The molecule has 1 atom stereocenters. The Morgan fingerprint density at radius 3 is 2.29 bits per heavy atom. The number of hydrogen-bond donors (Lipinski definition) is 1. The van der Waals surface area contributed by atoms with Crippen LogP contribution in [0, 0.1) is 0 Å². The van der Waals surface area contributed by atoms with Crippen LogP contribution in [0.15, 0.2) is 0 Å². The van der Waals surface area contributed by atoms with Crippen molar-refractivity contribution in [2.45, 2.75) is 70.1 Å². The minimum Gasteiger partial charge on any atom is -0.396 e. The lowest BCUT2D eigenvalue weighted by Crippen LogP contribution is -2.60. The van der Waals surface area contributed by atoms with Crippen molar-refractivity contribution < 1.29 is 5.11 Å². The van der Waals surface area contributed by atoms with E-state index in [1.807, 2.05) is 0 Å². The maximum absolute atomic E-state index is 9.59. The summed E-state index contributed by atoms with van der Waals surface area (Å²) in [6, 6.07) is 2.78. The van der Waals surface area contributed by atoms with E-state index in [0.717, 1.165) is 18.5 Å². The lowest BCUT2D eigenvalue weighted by atomic mass is 9.96. The van der Waals surface area contributed by atoms with Crippen LogP contribution in [0.25, 0.3) is 0 Å². The van der Waals surface area contributed by atoms with Crippen LogP contribution in [-0.2, 0) is 0 Å². The Balaban J connectivity index is 1.56. The summed E-state index contributed by atoms with van der Waals surface area (Å²) in [5.41, 5.74) is 0. The van der Waals surface area contributed by atoms with Gasteiger partial charge in [0.25, 0.3) is 0 Å². The summed E-state index contributed by atoms with van der Waals surface area (Å²) < 4.78 is 0. The van der Waals surface area contributed by atoms with Crippen LogP contribution in [0.3, 0.4) is 0 Å². The molecule has 0 amide bonds. The Hall–Kier alpha value is 0.190. The van der Waals surface area contributed by atoms with Crippen molar-refractivity contribution in [1.82, 2.24) is 14.7 Å². The predicted molar refractivity (Wildman–Crippen MR) is 104 cm³/mol. The molecular formula is C19H37N3OS. The lowest BCUT2D eigenvalue weighted by molar-refractivity contribution is -0.0118. The van der Waals surface area contributed by atoms with Gasteiger partial charge in [-0.3, -0.25) is 9.80 Å². The van der Waals surface area contributed by atoms with Crippen LogP contribution >= 0.6 is 11.8 Å². The number of aliphatic hydroxyl groups is 1. The second-order valence-electron chi connectivity index (χ2n) is 8.10. The highest BCUT2D eigenvalue weighted by atomic mass is 32.2. The lowest BCUT2D eigenvalue weighted by Gasteiger charge is -2.50. The Labute approximate surface area is 152 Å². The van der Waals surface area contributed by atoms with E-state index in [1.165, 1.54) is 69.9 Å². The summed E-state index contributed by atoms with van der Waals surface area (Å²) in [4.78, 5) is 8.13. The first kappa shape index (κ1) is 19.0. The number of thioether (sulfide) groups is 1. The number of piperazine rings is 1. The molecule has 0 aromatic rings. The van der Waals surface area contributed by atoms with Gasteiger partial charge in [0, 0.05) is 50.4 Å². The van der Waals surface area contributed by atoms with Crippen LogP contribution in [0.2, 0.25) is 0 Å². The van der Waals surface area contributed by atoms with Gasteiger partial charge in [-0.05, 0) is 70.5 Å². The standard InChI is InChI=1S/C19H37N3OS/c1-16(2)20-8-3-18(4-9-20)22-11-10-21(15-19(22)5-12-23)17-6-13-24-14-7-17/h16-19,23H,3-15H2,1-2H3. The zero-order valence-electron chi connectivity index (χ0n) is 15.7. The Morgan fingerprint density at radius 2 is 1.67 bits per heavy atom. The fourth-order valence-corrected chi connectivity index (χ4v) is 5.98. The number of nitrogens with zero attached hydrogens (tertiary/aromatic N) is 3. The van der Waals surface area contributed by atoms with Crippen LogP contribution in [0.5, 0.6) is 0 Å². The summed E-state index contributed by atoms with van der Waals surface area (Å²) in [6.07, 6.45) is 6.29. The highest BCUT2D eigenvalue weighted by Crippen LogP contribution is 2.28. The summed E-state index contributed by atoms with van der Waals surface area (Å²) in [5.74, 6) is 2.67. The van der Waals surface area contributed by atoms with E-state index in [0.29, 0.717) is 18.7 Å². The number of hydrogen-bond acceptors (Lipinski definition) is 5. The van der Waals surface area contributed by atoms with Crippen LogP contribution in [0.4, 0.5) is 0 Å². The highest BCUT2D eigenvalue weighted by molar-refractivity contribution is 7.99. The molecule has 3 rings (SSSR count). The number of likely N-dealkylation sites (tertiary alicyclic amines) is 1. The molecule has 0 aromatic heterocycles. The van der Waals surface area contributed by atoms with Crippen molar-refractivity contribution in [1.29, 1.82) is 0 Å². The van der Waals surface area contributed by atoms with Crippen molar-refractivity contribution in [3.63, 3.8) is 0 Å². The Morgan fingerprint density at radius 1 is 0.958 bits per heavy atom. The average molecular weight is 356 g/mol. The zero-order chi connectivity index (χ0) is 16.9. The van der Waals surface area contributed by atoms with Crippen LogP contribution in [-0.4, -0.2) is 94.8 Å². The normalized spacial score (nSPS) is 30.2. The van der Waals surface area contributed by atoms with Crippen molar-refractivity contribution in [3.05, 3.63) is 0 Å². The third-order valence-corrected chi connectivity index (χ3v) is 7.48. The molecule has 3 heterocycles. The second kappa shape index (κ2) is 9.22. The van der Waals surface area contributed by atoms with Crippen LogP contribution < -0.4 is 0 Å². The van der Waals surface area contributed by atoms with Gasteiger partial charge in [0.1, 0.15) is 0 Å². The van der Waals surface area contributed by atoms with Gasteiger partial charge in [0.2, 0.25) is 0 Å². The van der Waals surface area contributed by atoms with E-state index in [1.54, 1.807) is 0 Å².